The summed E-state index contributed by atoms with van der Waals surface area (Å²) in [5.74, 6) is -0.972. The zero-order chi connectivity index (χ0) is 16.9. The van der Waals surface area contributed by atoms with Gasteiger partial charge in [0.15, 0.2) is 9.84 Å². The van der Waals surface area contributed by atoms with Crippen molar-refractivity contribution >= 4 is 21.7 Å². The molecule has 0 aliphatic carbocycles. The highest BCUT2D eigenvalue weighted by molar-refractivity contribution is 7.92. The Bertz CT molecular complexity index is 650. The number of sulfone groups is 1. The molecule has 7 heteroatoms. The van der Waals surface area contributed by atoms with Crippen molar-refractivity contribution in [2.24, 2.45) is 0 Å². The van der Waals surface area contributed by atoms with Gasteiger partial charge in [-0.15, -0.1) is 0 Å². The average molecular weight is 338 g/mol. The third kappa shape index (κ3) is 5.06. The SMILES string of the molecule is CCS(=O)(=O)CC(=O)NC1CCN(C(=O)c2ccccc2)CC1. The van der Waals surface area contributed by atoms with Gasteiger partial charge in [-0.1, -0.05) is 25.1 Å². The molecule has 2 rings (SSSR count). The summed E-state index contributed by atoms with van der Waals surface area (Å²) in [5.41, 5.74) is 0.657. The second kappa shape index (κ2) is 7.59. The van der Waals surface area contributed by atoms with Crippen LogP contribution in [0.3, 0.4) is 0 Å². The predicted octanol–water partition coefficient (Wildman–Crippen LogP) is 0.842. The summed E-state index contributed by atoms with van der Waals surface area (Å²) in [6.07, 6.45) is 1.27. The molecule has 126 valence electrons. The molecule has 23 heavy (non-hydrogen) atoms. The zero-order valence-corrected chi connectivity index (χ0v) is 14.0. The van der Waals surface area contributed by atoms with Crippen LogP contribution in [0.5, 0.6) is 0 Å². The molecule has 0 atom stereocenters. The van der Waals surface area contributed by atoms with Gasteiger partial charge in [-0.25, -0.2) is 8.42 Å². The van der Waals surface area contributed by atoms with Crippen LogP contribution in [0, 0.1) is 0 Å². The van der Waals surface area contributed by atoms with E-state index in [4.69, 9.17) is 0 Å². The minimum absolute atomic E-state index is 0.0102. The maximum atomic E-state index is 12.3. The average Bonchev–Trinajstić information content (AvgIpc) is 2.55. The summed E-state index contributed by atoms with van der Waals surface area (Å²) in [6.45, 7) is 2.63. The first-order valence-electron chi connectivity index (χ1n) is 7.75. The van der Waals surface area contributed by atoms with Gasteiger partial charge >= 0.3 is 0 Å². The molecular weight excluding hydrogens is 316 g/mol. The number of nitrogens with zero attached hydrogens (tertiary/aromatic N) is 1. The Balaban J connectivity index is 1.82. The standard InChI is InChI=1S/C16H22N2O4S/c1-2-23(21,22)12-15(19)17-14-8-10-18(11-9-14)16(20)13-6-4-3-5-7-13/h3-7,14H,2,8-12H2,1H3,(H,17,19). The first kappa shape index (κ1) is 17.5. The van der Waals surface area contributed by atoms with Gasteiger partial charge in [0.1, 0.15) is 5.75 Å². The lowest BCUT2D eigenvalue weighted by atomic mass is 10.0. The number of benzene rings is 1. The molecule has 0 aromatic heterocycles. The van der Waals surface area contributed by atoms with E-state index in [1.807, 2.05) is 18.2 Å². The van der Waals surface area contributed by atoms with E-state index in [1.54, 1.807) is 17.0 Å². The van der Waals surface area contributed by atoms with Gasteiger partial charge in [0.25, 0.3) is 5.91 Å². The Kier molecular flexibility index (Phi) is 5.76. The Morgan fingerprint density at radius 3 is 2.35 bits per heavy atom. The molecule has 0 unspecified atom stereocenters. The van der Waals surface area contributed by atoms with Crippen molar-refractivity contribution in [2.45, 2.75) is 25.8 Å². The quantitative estimate of drug-likeness (QED) is 0.862. The van der Waals surface area contributed by atoms with Gasteiger partial charge in [0, 0.05) is 30.4 Å². The number of nitrogens with one attached hydrogen (secondary N) is 1. The summed E-state index contributed by atoms with van der Waals surface area (Å²) in [5, 5.41) is 2.75. The van der Waals surface area contributed by atoms with Crippen LogP contribution in [-0.2, 0) is 14.6 Å². The van der Waals surface area contributed by atoms with Crippen LogP contribution in [0.1, 0.15) is 30.1 Å². The van der Waals surface area contributed by atoms with E-state index in [9.17, 15) is 18.0 Å². The fourth-order valence-corrected chi connectivity index (χ4v) is 3.25. The topological polar surface area (TPSA) is 83.6 Å². The van der Waals surface area contributed by atoms with Crippen molar-refractivity contribution < 1.29 is 18.0 Å². The van der Waals surface area contributed by atoms with Crippen molar-refractivity contribution in [2.75, 3.05) is 24.6 Å². The van der Waals surface area contributed by atoms with Gasteiger partial charge in [-0.3, -0.25) is 9.59 Å². The Morgan fingerprint density at radius 2 is 1.78 bits per heavy atom. The number of amides is 2. The van der Waals surface area contributed by atoms with Crippen molar-refractivity contribution in [3.63, 3.8) is 0 Å². The van der Waals surface area contributed by atoms with Crippen molar-refractivity contribution in [1.82, 2.24) is 10.2 Å². The van der Waals surface area contributed by atoms with Gasteiger partial charge in [-0.05, 0) is 25.0 Å². The predicted molar refractivity (Wildman–Crippen MR) is 87.8 cm³/mol. The number of likely N-dealkylation sites (tertiary alicyclic amines) is 1. The monoisotopic (exact) mass is 338 g/mol. The molecule has 1 aliphatic heterocycles. The largest absolute Gasteiger partial charge is 0.352 e. The van der Waals surface area contributed by atoms with Crippen LogP contribution in [0.2, 0.25) is 0 Å². The summed E-state index contributed by atoms with van der Waals surface area (Å²) in [4.78, 5) is 25.8. The Morgan fingerprint density at radius 1 is 1.17 bits per heavy atom. The van der Waals surface area contributed by atoms with E-state index in [-0.39, 0.29) is 17.7 Å². The summed E-state index contributed by atoms with van der Waals surface area (Å²) in [7, 11) is -3.31. The molecule has 1 saturated heterocycles. The number of rotatable bonds is 5. The molecule has 1 aliphatic rings. The summed E-state index contributed by atoms with van der Waals surface area (Å²) in [6, 6.07) is 9.01. The highest BCUT2D eigenvalue weighted by Crippen LogP contribution is 2.14. The molecule has 1 aromatic rings. The van der Waals surface area contributed by atoms with E-state index in [0.717, 1.165) is 0 Å². The maximum Gasteiger partial charge on any atom is 0.253 e. The molecule has 0 radical (unpaired) electrons. The molecule has 1 aromatic carbocycles. The lowest BCUT2D eigenvalue weighted by Gasteiger charge is -2.32. The molecule has 0 saturated carbocycles. The smallest absolute Gasteiger partial charge is 0.253 e. The molecule has 1 heterocycles. The lowest BCUT2D eigenvalue weighted by Crippen LogP contribution is -2.47. The van der Waals surface area contributed by atoms with Crippen LogP contribution < -0.4 is 5.32 Å². The number of carbonyl (C=O) groups excluding carboxylic acids is 2. The number of piperidine rings is 1. The third-order valence-electron chi connectivity index (χ3n) is 3.96. The zero-order valence-electron chi connectivity index (χ0n) is 13.2. The highest BCUT2D eigenvalue weighted by atomic mass is 32.2. The molecule has 2 amide bonds. The van der Waals surface area contributed by atoms with Gasteiger partial charge in [0.05, 0.1) is 0 Å². The molecule has 1 fully saturated rings. The molecular formula is C16H22N2O4S. The minimum atomic E-state index is -3.31. The van der Waals surface area contributed by atoms with E-state index >= 15 is 0 Å². The van der Waals surface area contributed by atoms with E-state index in [0.29, 0.717) is 31.5 Å². The van der Waals surface area contributed by atoms with Crippen LogP contribution >= 0.6 is 0 Å². The molecule has 0 spiro atoms. The number of hydrogen-bond acceptors (Lipinski definition) is 4. The van der Waals surface area contributed by atoms with Crippen molar-refractivity contribution in [1.29, 1.82) is 0 Å². The first-order chi connectivity index (χ1) is 10.9. The molecule has 0 bridgehead atoms. The Hall–Kier alpha value is -1.89. The van der Waals surface area contributed by atoms with Crippen LogP contribution in [0.4, 0.5) is 0 Å². The lowest BCUT2D eigenvalue weighted by molar-refractivity contribution is -0.119. The fraction of sp³-hybridized carbons (Fsp3) is 0.500. The van der Waals surface area contributed by atoms with E-state index in [1.165, 1.54) is 6.92 Å². The Labute approximate surface area is 136 Å². The molecule has 1 N–H and O–H groups in total. The van der Waals surface area contributed by atoms with Gasteiger partial charge in [0.2, 0.25) is 5.91 Å². The first-order valence-corrected chi connectivity index (χ1v) is 9.57. The number of hydrogen-bond donors (Lipinski definition) is 1. The second-order valence-electron chi connectivity index (χ2n) is 5.68. The van der Waals surface area contributed by atoms with E-state index in [2.05, 4.69) is 5.32 Å². The number of carbonyl (C=O) groups is 2. The second-order valence-corrected chi connectivity index (χ2v) is 8.03. The minimum Gasteiger partial charge on any atom is -0.352 e. The fourth-order valence-electron chi connectivity index (χ4n) is 2.56. The summed E-state index contributed by atoms with van der Waals surface area (Å²) >= 11 is 0. The normalized spacial score (nSPS) is 16.1. The maximum absolute atomic E-state index is 12.3. The molecule has 6 nitrogen and oxygen atoms in total. The third-order valence-corrected chi connectivity index (χ3v) is 5.54. The van der Waals surface area contributed by atoms with Gasteiger partial charge in [-0.2, -0.15) is 0 Å². The van der Waals surface area contributed by atoms with Crippen LogP contribution in [0.15, 0.2) is 30.3 Å². The van der Waals surface area contributed by atoms with Gasteiger partial charge < -0.3 is 10.2 Å². The van der Waals surface area contributed by atoms with E-state index < -0.39 is 21.5 Å². The van der Waals surface area contributed by atoms with Crippen LogP contribution in [-0.4, -0.2) is 55.8 Å². The van der Waals surface area contributed by atoms with Crippen molar-refractivity contribution in [3.8, 4) is 0 Å². The van der Waals surface area contributed by atoms with Crippen LogP contribution in [0.25, 0.3) is 0 Å². The highest BCUT2D eigenvalue weighted by Gasteiger charge is 2.25. The summed E-state index contributed by atoms with van der Waals surface area (Å²) < 4.78 is 22.9. The van der Waals surface area contributed by atoms with Crippen molar-refractivity contribution in [3.05, 3.63) is 35.9 Å².